The summed E-state index contributed by atoms with van der Waals surface area (Å²) < 4.78 is 0. The molecule has 7 heteroatoms. The molecule has 3 heterocycles. The number of piperidine rings is 1. The van der Waals surface area contributed by atoms with Crippen LogP contribution < -0.4 is 5.32 Å². The van der Waals surface area contributed by atoms with Crippen LogP contribution in [0.15, 0.2) is 11.4 Å². The van der Waals surface area contributed by atoms with Crippen LogP contribution in [0.3, 0.4) is 0 Å². The van der Waals surface area contributed by atoms with E-state index >= 15 is 0 Å². The molecule has 0 unspecified atom stereocenters. The van der Waals surface area contributed by atoms with Gasteiger partial charge in [-0.15, -0.1) is 23.7 Å². The molecule has 0 aromatic carbocycles. The second kappa shape index (κ2) is 8.83. The minimum Gasteiger partial charge on any atom is -0.343 e. The second-order valence-corrected chi connectivity index (χ2v) is 7.38. The van der Waals surface area contributed by atoms with Crippen LogP contribution in [-0.4, -0.2) is 54.3 Å². The molecule has 2 aliphatic heterocycles. The van der Waals surface area contributed by atoms with Crippen LogP contribution in [0.4, 0.5) is 0 Å². The molecule has 1 aromatic heterocycles. The van der Waals surface area contributed by atoms with Gasteiger partial charge in [0.05, 0.1) is 0 Å². The lowest BCUT2D eigenvalue weighted by Gasteiger charge is -2.32. The van der Waals surface area contributed by atoms with Crippen LogP contribution >= 0.6 is 23.7 Å². The van der Waals surface area contributed by atoms with E-state index in [9.17, 15) is 9.59 Å². The highest BCUT2D eigenvalue weighted by Crippen LogP contribution is 2.24. The third kappa shape index (κ3) is 4.49. The molecule has 1 aromatic rings. The summed E-state index contributed by atoms with van der Waals surface area (Å²) in [6.45, 7) is 3.11. The number of carbonyl (C=O) groups excluding carboxylic acids is 2. The SMILES string of the molecule is CNC1CCN(C(=O)CCC(=O)N2CCc3sccc3C2)CC1.Cl. The van der Waals surface area contributed by atoms with Crippen molar-refractivity contribution < 1.29 is 9.59 Å². The van der Waals surface area contributed by atoms with E-state index in [0.29, 0.717) is 25.4 Å². The fourth-order valence-corrected chi connectivity index (χ4v) is 4.30. The quantitative estimate of drug-likeness (QED) is 0.881. The van der Waals surface area contributed by atoms with Crippen LogP contribution in [0.2, 0.25) is 0 Å². The molecule has 1 N–H and O–H groups in total. The summed E-state index contributed by atoms with van der Waals surface area (Å²) in [5.41, 5.74) is 1.27. The lowest BCUT2D eigenvalue weighted by Crippen LogP contribution is -2.44. The van der Waals surface area contributed by atoms with Crippen LogP contribution in [-0.2, 0) is 22.6 Å². The molecule has 0 radical (unpaired) electrons. The monoisotopic (exact) mass is 371 g/mol. The molecule has 1 saturated heterocycles. The van der Waals surface area contributed by atoms with Crippen molar-refractivity contribution in [3.8, 4) is 0 Å². The van der Waals surface area contributed by atoms with Crippen LogP contribution in [0.25, 0.3) is 0 Å². The van der Waals surface area contributed by atoms with Gasteiger partial charge in [0.1, 0.15) is 0 Å². The number of thiophene rings is 1. The van der Waals surface area contributed by atoms with Crippen LogP contribution in [0.1, 0.15) is 36.1 Å². The molecule has 0 bridgehead atoms. The van der Waals surface area contributed by atoms with E-state index in [0.717, 1.165) is 38.9 Å². The Kier molecular flexibility index (Phi) is 7.07. The van der Waals surface area contributed by atoms with Crippen molar-refractivity contribution in [3.05, 3.63) is 21.9 Å². The first-order valence-corrected chi connectivity index (χ1v) is 9.33. The highest BCUT2D eigenvalue weighted by atomic mass is 35.5. The predicted molar refractivity (Wildman–Crippen MR) is 98.6 cm³/mol. The molecular formula is C17H26ClN3O2S. The van der Waals surface area contributed by atoms with E-state index < -0.39 is 0 Å². The normalized spacial score (nSPS) is 18.0. The smallest absolute Gasteiger partial charge is 0.223 e. The van der Waals surface area contributed by atoms with E-state index in [2.05, 4.69) is 16.8 Å². The van der Waals surface area contributed by atoms with E-state index in [-0.39, 0.29) is 24.2 Å². The van der Waals surface area contributed by atoms with E-state index in [1.54, 1.807) is 11.3 Å². The Labute approximate surface area is 153 Å². The highest BCUT2D eigenvalue weighted by Gasteiger charge is 2.24. The zero-order valence-electron chi connectivity index (χ0n) is 14.1. The Balaban J connectivity index is 0.00000208. The fraction of sp³-hybridized carbons (Fsp3) is 0.647. The molecule has 3 rings (SSSR count). The number of hydrogen-bond acceptors (Lipinski definition) is 4. The topological polar surface area (TPSA) is 52.7 Å². The first kappa shape index (κ1) is 19.2. The van der Waals surface area contributed by atoms with Crippen LogP contribution in [0.5, 0.6) is 0 Å². The Morgan fingerprint density at radius 1 is 1.17 bits per heavy atom. The number of rotatable bonds is 4. The Hall–Kier alpha value is -1.11. The molecule has 0 spiro atoms. The molecule has 134 valence electrons. The van der Waals surface area contributed by atoms with Gasteiger partial charge in [-0.2, -0.15) is 0 Å². The van der Waals surface area contributed by atoms with Gasteiger partial charge in [0, 0.05) is 49.9 Å². The van der Waals surface area contributed by atoms with Gasteiger partial charge >= 0.3 is 0 Å². The average Bonchev–Trinajstić information content (AvgIpc) is 3.07. The standard InChI is InChI=1S/C17H25N3O2S.ClH/c1-18-14-4-8-19(9-5-14)16(21)2-3-17(22)20-10-6-15-13(12-20)7-11-23-15;/h7,11,14,18H,2-6,8-10,12H2,1H3;1H. The maximum absolute atomic E-state index is 12.4. The van der Waals surface area contributed by atoms with Crippen molar-refractivity contribution >= 4 is 35.6 Å². The summed E-state index contributed by atoms with van der Waals surface area (Å²) in [6, 6.07) is 2.63. The lowest BCUT2D eigenvalue weighted by molar-refractivity contribution is -0.138. The number of halogens is 1. The largest absolute Gasteiger partial charge is 0.343 e. The van der Waals surface area contributed by atoms with Gasteiger partial charge in [-0.25, -0.2) is 0 Å². The molecule has 0 atom stereocenters. The van der Waals surface area contributed by atoms with Gasteiger partial charge in [-0.3, -0.25) is 9.59 Å². The van der Waals surface area contributed by atoms with Crippen molar-refractivity contribution in [1.82, 2.24) is 15.1 Å². The minimum atomic E-state index is 0. The molecule has 2 aliphatic rings. The molecule has 24 heavy (non-hydrogen) atoms. The summed E-state index contributed by atoms with van der Waals surface area (Å²) in [5, 5.41) is 5.36. The number of carbonyl (C=O) groups is 2. The first-order valence-electron chi connectivity index (χ1n) is 8.45. The number of likely N-dealkylation sites (tertiary alicyclic amines) is 1. The number of nitrogens with one attached hydrogen (secondary N) is 1. The number of nitrogens with zero attached hydrogens (tertiary/aromatic N) is 2. The molecule has 1 fully saturated rings. The summed E-state index contributed by atoms with van der Waals surface area (Å²) >= 11 is 1.77. The van der Waals surface area contributed by atoms with Crippen LogP contribution in [0, 0.1) is 0 Å². The molecule has 2 amide bonds. The van der Waals surface area contributed by atoms with Gasteiger partial charge in [0.15, 0.2) is 0 Å². The number of fused-ring (bicyclic) bond motifs is 1. The van der Waals surface area contributed by atoms with E-state index in [1.807, 2.05) is 16.8 Å². The van der Waals surface area contributed by atoms with Crippen molar-refractivity contribution in [2.45, 2.75) is 44.7 Å². The minimum absolute atomic E-state index is 0. The zero-order chi connectivity index (χ0) is 16.2. The zero-order valence-corrected chi connectivity index (χ0v) is 15.8. The van der Waals surface area contributed by atoms with E-state index in [4.69, 9.17) is 0 Å². The van der Waals surface area contributed by atoms with E-state index in [1.165, 1.54) is 10.4 Å². The fourth-order valence-electron chi connectivity index (χ4n) is 3.41. The van der Waals surface area contributed by atoms with Gasteiger partial charge < -0.3 is 15.1 Å². The summed E-state index contributed by atoms with van der Waals surface area (Å²) in [6.07, 6.45) is 3.64. The molecular weight excluding hydrogens is 346 g/mol. The third-order valence-electron chi connectivity index (χ3n) is 4.97. The Morgan fingerprint density at radius 2 is 1.83 bits per heavy atom. The van der Waals surface area contributed by atoms with Gasteiger partial charge in [-0.1, -0.05) is 0 Å². The second-order valence-electron chi connectivity index (χ2n) is 6.38. The number of hydrogen-bond donors (Lipinski definition) is 1. The lowest BCUT2D eigenvalue weighted by atomic mass is 10.0. The maximum atomic E-state index is 12.4. The Bertz CT molecular complexity index is 570. The molecule has 0 aliphatic carbocycles. The van der Waals surface area contributed by atoms with Gasteiger partial charge in [0.25, 0.3) is 0 Å². The van der Waals surface area contributed by atoms with Crippen molar-refractivity contribution in [2.75, 3.05) is 26.7 Å². The Morgan fingerprint density at radius 3 is 2.50 bits per heavy atom. The summed E-state index contributed by atoms with van der Waals surface area (Å²) in [5.74, 6) is 0.237. The van der Waals surface area contributed by atoms with Crippen molar-refractivity contribution in [1.29, 1.82) is 0 Å². The third-order valence-corrected chi connectivity index (χ3v) is 5.99. The van der Waals surface area contributed by atoms with Crippen molar-refractivity contribution in [2.24, 2.45) is 0 Å². The van der Waals surface area contributed by atoms with Gasteiger partial charge in [0.2, 0.25) is 11.8 Å². The molecule has 5 nitrogen and oxygen atoms in total. The average molecular weight is 372 g/mol. The summed E-state index contributed by atoms with van der Waals surface area (Å²) in [7, 11) is 1.97. The van der Waals surface area contributed by atoms with Crippen molar-refractivity contribution in [3.63, 3.8) is 0 Å². The summed E-state index contributed by atoms with van der Waals surface area (Å²) in [4.78, 5) is 29.8. The predicted octanol–water partition coefficient (Wildman–Crippen LogP) is 2.05. The number of amides is 2. The highest BCUT2D eigenvalue weighted by molar-refractivity contribution is 7.10. The first-order chi connectivity index (χ1) is 11.2. The van der Waals surface area contributed by atoms with Gasteiger partial charge in [-0.05, 0) is 43.3 Å². The molecule has 0 saturated carbocycles. The maximum Gasteiger partial charge on any atom is 0.223 e.